The molecule has 21 heavy (non-hydrogen) atoms. The van der Waals surface area contributed by atoms with Crippen LogP contribution in [-0.4, -0.2) is 38.3 Å². The molecule has 7 heteroatoms. The molecule has 1 fully saturated rings. The fraction of sp³-hybridized carbons (Fsp3) is 0.429. The maximum absolute atomic E-state index is 12.5. The third-order valence-corrected chi connectivity index (χ3v) is 5.41. The van der Waals surface area contributed by atoms with E-state index in [9.17, 15) is 13.2 Å². The fourth-order valence-corrected chi connectivity index (χ4v) is 4.34. The van der Waals surface area contributed by atoms with E-state index in [1.807, 2.05) is 6.07 Å². The van der Waals surface area contributed by atoms with Gasteiger partial charge in [0, 0.05) is 13.6 Å². The third kappa shape index (κ3) is 3.23. The number of nitrogens with zero attached hydrogens (tertiary/aromatic N) is 2. The van der Waals surface area contributed by atoms with E-state index in [-0.39, 0.29) is 11.7 Å². The largest absolute Gasteiger partial charge is 0.358 e. The fourth-order valence-electron chi connectivity index (χ4n) is 2.54. The number of carbonyl (C=O) groups is 1. The van der Waals surface area contributed by atoms with Crippen molar-refractivity contribution >= 4 is 15.9 Å². The summed E-state index contributed by atoms with van der Waals surface area (Å²) in [5, 5.41) is 11.5. The summed E-state index contributed by atoms with van der Waals surface area (Å²) in [5.74, 6) is -0.547. The molecule has 0 aliphatic carbocycles. The van der Waals surface area contributed by atoms with Gasteiger partial charge in [-0.15, -0.1) is 0 Å². The van der Waals surface area contributed by atoms with Crippen LogP contribution in [-0.2, 0) is 20.6 Å². The monoisotopic (exact) mass is 307 g/mol. The van der Waals surface area contributed by atoms with Gasteiger partial charge in [0.1, 0.15) is 6.04 Å². The summed E-state index contributed by atoms with van der Waals surface area (Å²) in [5.41, 5.74) is 0.805. The molecular formula is C14H17N3O3S. The zero-order valence-corrected chi connectivity index (χ0v) is 12.6. The summed E-state index contributed by atoms with van der Waals surface area (Å²) in [6.45, 7) is 0.342. The van der Waals surface area contributed by atoms with E-state index in [2.05, 4.69) is 5.32 Å². The molecule has 112 valence electrons. The first kappa shape index (κ1) is 15.5. The van der Waals surface area contributed by atoms with Crippen molar-refractivity contribution in [2.24, 2.45) is 0 Å². The Morgan fingerprint density at radius 1 is 1.48 bits per heavy atom. The number of amides is 1. The smallest absolute Gasteiger partial charge is 0.238 e. The predicted octanol–water partition coefficient (Wildman–Crippen LogP) is 0.598. The normalized spacial score (nSPS) is 19.1. The van der Waals surface area contributed by atoms with E-state index in [0.717, 1.165) is 0 Å². The average molecular weight is 307 g/mol. The van der Waals surface area contributed by atoms with Gasteiger partial charge in [0.15, 0.2) is 0 Å². The van der Waals surface area contributed by atoms with Gasteiger partial charge in [0.25, 0.3) is 0 Å². The molecule has 1 heterocycles. The van der Waals surface area contributed by atoms with Gasteiger partial charge in [0.05, 0.1) is 17.4 Å². The first-order valence-electron chi connectivity index (χ1n) is 6.68. The second kappa shape index (κ2) is 6.24. The molecule has 1 atom stereocenters. The highest BCUT2D eigenvalue weighted by Gasteiger charge is 2.38. The Hall–Kier alpha value is -1.91. The highest BCUT2D eigenvalue weighted by Crippen LogP contribution is 2.24. The number of nitriles is 1. The lowest BCUT2D eigenvalue weighted by Crippen LogP contribution is -2.45. The molecule has 2 rings (SSSR count). The van der Waals surface area contributed by atoms with Gasteiger partial charge in [-0.1, -0.05) is 18.2 Å². The van der Waals surface area contributed by atoms with Crippen LogP contribution in [0.25, 0.3) is 0 Å². The van der Waals surface area contributed by atoms with Crippen molar-refractivity contribution in [3.63, 3.8) is 0 Å². The van der Waals surface area contributed by atoms with E-state index >= 15 is 0 Å². The number of hydrogen-bond acceptors (Lipinski definition) is 4. The SMILES string of the molecule is CNC(=O)C1CCCN1S(=O)(=O)Cc1ccccc1C#N. The Morgan fingerprint density at radius 2 is 2.19 bits per heavy atom. The Morgan fingerprint density at radius 3 is 2.86 bits per heavy atom. The predicted molar refractivity (Wildman–Crippen MR) is 77.6 cm³/mol. The van der Waals surface area contributed by atoms with Crippen molar-refractivity contribution < 1.29 is 13.2 Å². The van der Waals surface area contributed by atoms with Gasteiger partial charge >= 0.3 is 0 Å². The highest BCUT2D eigenvalue weighted by atomic mass is 32.2. The molecule has 0 aromatic heterocycles. The number of hydrogen-bond donors (Lipinski definition) is 1. The van der Waals surface area contributed by atoms with Crippen LogP contribution in [0.3, 0.4) is 0 Å². The molecule has 1 saturated heterocycles. The lowest BCUT2D eigenvalue weighted by molar-refractivity contribution is -0.123. The molecule has 0 radical (unpaired) electrons. The van der Waals surface area contributed by atoms with Crippen LogP contribution in [0.15, 0.2) is 24.3 Å². The molecule has 6 nitrogen and oxygen atoms in total. The number of likely N-dealkylation sites (N-methyl/N-ethyl adjacent to an activating group) is 1. The van der Waals surface area contributed by atoms with Gasteiger partial charge in [-0.25, -0.2) is 8.42 Å². The van der Waals surface area contributed by atoms with Crippen molar-refractivity contribution in [1.82, 2.24) is 9.62 Å². The quantitative estimate of drug-likeness (QED) is 0.882. The first-order chi connectivity index (χ1) is 9.99. The van der Waals surface area contributed by atoms with Crippen LogP contribution in [0, 0.1) is 11.3 Å². The maximum Gasteiger partial charge on any atom is 0.238 e. The molecular weight excluding hydrogens is 290 g/mol. The van der Waals surface area contributed by atoms with Gasteiger partial charge in [0.2, 0.25) is 15.9 Å². The summed E-state index contributed by atoms with van der Waals surface area (Å²) < 4.78 is 26.3. The number of sulfonamides is 1. The van der Waals surface area contributed by atoms with Crippen molar-refractivity contribution in [3.8, 4) is 6.07 Å². The van der Waals surface area contributed by atoms with Crippen LogP contribution < -0.4 is 5.32 Å². The summed E-state index contributed by atoms with van der Waals surface area (Å²) in [4.78, 5) is 11.8. The highest BCUT2D eigenvalue weighted by molar-refractivity contribution is 7.88. The molecule has 0 spiro atoms. The van der Waals surface area contributed by atoms with E-state index < -0.39 is 16.1 Å². The van der Waals surface area contributed by atoms with Crippen LogP contribution in [0.5, 0.6) is 0 Å². The third-order valence-electron chi connectivity index (χ3n) is 3.59. The van der Waals surface area contributed by atoms with Crippen LogP contribution in [0.4, 0.5) is 0 Å². The Kier molecular flexibility index (Phi) is 4.60. The van der Waals surface area contributed by atoms with E-state index in [1.54, 1.807) is 24.3 Å². The summed E-state index contributed by atoms with van der Waals surface area (Å²) >= 11 is 0. The van der Waals surface area contributed by atoms with Crippen molar-refractivity contribution in [2.75, 3.05) is 13.6 Å². The van der Waals surface area contributed by atoms with Crippen molar-refractivity contribution in [3.05, 3.63) is 35.4 Å². The lowest BCUT2D eigenvalue weighted by atomic mass is 10.1. The van der Waals surface area contributed by atoms with Crippen molar-refractivity contribution in [1.29, 1.82) is 5.26 Å². The molecule has 1 aliphatic heterocycles. The van der Waals surface area contributed by atoms with E-state index in [4.69, 9.17) is 5.26 Å². The minimum absolute atomic E-state index is 0.260. The number of nitrogens with one attached hydrogen (secondary N) is 1. The zero-order chi connectivity index (χ0) is 15.5. The number of benzene rings is 1. The van der Waals surface area contributed by atoms with Gasteiger partial charge in [-0.2, -0.15) is 9.57 Å². The molecule has 1 amide bonds. The summed E-state index contributed by atoms with van der Waals surface area (Å²) in [6.07, 6.45) is 1.19. The summed E-state index contributed by atoms with van der Waals surface area (Å²) in [7, 11) is -2.13. The zero-order valence-electron chi connectivity index (χ0n) is 11.7. The standard InChI is InChI=1S/C14H17N3O3S/c1-16-14(18)13-7-4-8-17(13)21(19,20)10-12-6-3-2-5-11(12)9-15/h2-3,5-6,13H,4,7-8,10H2,1H3,(H,16,18). The van der Waals surface area contributed by atoms with Crippen LogP contribution >= 0.6 is 0 Å². The maximum atomic E-state index is 12.5. The number of rotatable bonds is 4. The molecule has 1 unspecified atom stereocenters. The van der Waals surface area contributed by atoms with Crippen molar-refractivity contribution in [2.45, 2.75) is 24.6 Å². The molecule has 1 aliphatic rings. The Bertz CT molecular complexity index is 679. The average Bonchev–Trinajstić information content (AvgIpc) is 2.97. The molecule has 0 saturated carbocycles. The van der Waals surface area contributed by atoms with Gasteiger partial charge in [-0.05, 0) is 24.5 Å². The lowest BCUT2D eigenvalue weighted by Gasteiger charge is -2.23. The van der Waals surface area contributed by atoms with Gasteiger partial charge < -0.3 is 5.32 Å². The minimum Gasteiger partial charge on any atom is -0.358 e. The van der Waals surface area contributed by atoms with Crippen LogP contribution in [0.2, 0.25) is 0 Å². The molecule has 0 bridgehead atoms. The Balaban J connectivity index is 2.26. The minimum atomic E-state index is -3.63. The van der Waals surface area contributed by atoms with E-state index in [0.29, 0.717) is 30.5 Å². The first-order valence-corrected chi connectivity index (χ1v) is 8.29. The second-order valence-electron chi connectivity index (χ2n) is 4.91. The Labute approximate surface area is 124 Å². The molecule has 1 N–H and O–H groups in total. The van der Waals surface area contributed by atoms with Gasteiger partial charge in [-0.3, -0.25) is 4.79 Å². The van der Waals surface area contributed by atoms with Crippen LogP contribution in [0.1, 0.15) is 24.0 Å². The number of carbonyl (C=O) groups excluding carboxylic acids is 1. The molecule has 1 aromatic rings. The topological polar surface area (TPSA) is 90.3 Å². The molecule has 1 aromatic carbocycles. The second-order valence-corrected chi connectivity index (χ2v) is 6.83. The summed E-state index contributed by atoms with van der Waals surface area (Å²) in [6, 6.07) is 7.95. The van der Waals surface area contributed by atoms with E-state index in [1.165, 1.54) is 11.4 Å².